The Hall–Kier alpha value is -0.290. The zero-order chi connectivity index (χ0) is 11.3. The molecule has 90 valence electrons. The fourth-order valence-corrected chi connectivity index (χ4v) is 1.41. The highest BCUT2D eigenvalue weighted by Gasteiger charge is 2.27. The van der Waals surface area contributed by atoms with Gasteiger partial charge in [0.25, 0.3) is 0 Å². The Balaban J connectivity index is 1.95. The van der Waals surface area contributed by atoms with E-state index in [1.165, 1.54) is 19.3 Å². The molecule has 0 saturated heterocycles. The van der Waals surface area contributed by atoms with Gasteiger partial charge in [-0.2, -0.15) is 13.2 Å². The third kappa shape index (κ3) is 5.99. The highest BCUT2D eigenvalue weighted by Crippen LogP contribution is 2.18. The predicted octanol–water partition coefficient (Wildman–Crippen LogP) is 2.34. The summed E-state index contributed by atoms with van der Waals surface area (Å²) in [5.74, 6) is 0.132. The molecule has 1 N–H and O–H groups in total. The van der Waals surface area contributed by atoms with Crippen LogP contribution in [0, 0.1) is 5.92 Å². The summed E-state index contributed by atoms with van der Waals surface area (Å²) in [6.45, 7) is 1.66. The molecule has 0 spiro atoms. The second kappa shape index (κ2) is 5.70. The Morgan fingerprint density at radius 3 is 2.53 bits per heavy atom. The Kier molecular flexibility index (Phi) is 4.86. The van der Waals surface area contributed by atoms with Crippen molar-refractivity contribution in [3.63, 3.8) is 0 Å². The molecule has 0 aromatic heterocycles. The summed E-state index contributed by atoms with van der Waals surface area (Å²) < 4.78 is 39.8. The molecule has 1 fully saturated rings. The molecule has 1 unspecified atom stereocenters. The third-order valence-electron chi connectivity index (χ3n) is 2.53. The van der Waals surface area contributed by atoms with Crippen LogP contribution in [0.2, 0.25) is 0 Å². The topological polar surface area (TPSA) is 21.3 Å². The summed E-state index contributed by atoms with van der Waals surface area (Å²) >= 11 is 0. The minimum absolute atomic E-state index is 0.132. The lowest BCUT2D eigenvalue weighted by molar-refractivity contribution is -0.176. The average molecular weight is 225 g/mol. The lowest BCUT2D eigenvalue weighted by Gasteiger charge is -2.28. The summed E-state index contributed by atoms with van der Waals surface area (Å²) in [5.41, 5.74) is 0. The molecule has 0 aromatic rings. The normalized spacial score (nSPS) is 20.0. The number of hydrogen-bond donors (Lipinski definition) is 1. The molecule has 1 aliphatic rings. The van der Waals surface area contributed by atoms with Crippen molar-refractivity contribution < 1.29 is 17.9 Å². The first-order valence-corrected chi connectivity index (χ1v) is 5.35. The van der Waals surface area contributed by atoms with Gasteiger partial charge in [0, 0.05) is 12.6 Å². The van der Waals surface area contributed by atoms with Crippen LogP contribution >= 0.6 is 0 Å². The molecule has 0 aliphatic heterocycles. The average Bonchev–Trinajstić information content (AvgIpc) is 1.98. The van der Waals surface area contributed by atoms with E-state index in [9.17, 15) is 13.2 Å². The molecule has 0 heterocycles. The monoisotopic (exact) mass is 225 g/mol. The highest BCUT2D eigenvalue weighted by molar-refractivity contribution is 4.76. The molecule has 0 amide bonds. The van der Waals surface area contributed by atoms with Gasteiger partial charge in [0.15, 0.2) is 0 Å². The van der Waals surface area contributed by atoms with E-state index in [1.807, 2.05) is 6.92 Å². The van der Waals surface area contributed by atoms with Crippen LogP contribution in [-0.4, -0.2) is 32.0 Å². The van der Waals surface area contributed by atoms with Crippen molar-refractivity contribution in [3.05, 3.63) is 0 Å². The molecule has 15 heavy (non-hydrogen) atoms. The summed E-state index contributed by atoms with van der Waals surface area (Å²) in [4.78, 5) is 0. The van der Waals surface area contributed by atoms with Crippen molar-refractivity contribution in [3.8, 4) is 0 Å². The van der Waals surface area contributed by atoms with Crippen LogP contribution < -0.4 is 5.32 Å². The Morgan fingerprint density at radius 1 is 1.40 bits per heavy atom. The van der Waals surface area contributed by atoms with Crippen molar-refractivity contribution in [1.29, 1.82) is 0 Å². The maximum absolute atomic E-state index is 11.7. The fraction of sp³-hybridized carbons (Fsp3) is 1.00. The zero-order valence-corrected chi connectivity index (χ0v) is 8.94. The van der Waals surface area contributed by atoms with Gasteiger partial charge in [-0.3, -0.25) is 0 Å². The Morgan fingerprint density at radius 2 is 2.07 bits per heavy atom. The molecule has 1 aliphatic carbocycles. The maximum atomic E-state index is 11.7. The zero-order valence-electron chi connectivity index (χ0n) is 8.94. The molecule has 5 heteroatoms. The molecular formula is C10H18F3NO. The van der Waals surface area contributed by atoms with Crippen LogP contribution in [0.3, 0.4) is 0 Å². The number of alkyl halides is 3. The molecule has 0 aromatic carbocycles. The first-order valence-electron chi connectivity index (χ1n) is 5.35. The van der Waals surface area contributed by atoms with Crippen molar-refractivity contribution >= 4 is 0 Å². The van der Waals surface area contributed by atoms with E-state index in [1.54, 1.807) is 0 Å². The van der Waals surface area contributed by atoms with Crippen molar-refractivity contribution in [2.24, 2.45) is 5.92 Å². The molecule has 0 radical (unpaired) electrons. The molecule has 2 nitrogen and oxygen atoms in total. The summed E-state index contributed by atoms with van der Waals surface area (Å²) in [7, 11) is 0. The summed E-state index contributed by atoms with van der Waals surface area (Å²) in [6.07, 6.45) is -0.565. The highest BCUT2D eigenvalue weighted by atomic mass is 19.4. The number of rotatable bonds is 6. The van der Waals surface area contributed by atoms with E-state index < -0.39 is 12.8 Å². The van der Waals surface area contributed by atoms with Gasteiger partial charge in [0.05, 0.1) is 6.61 Å². The minimum Gasteiger partial charge on any atom is -0.372 e. The Bertz CT molecular complexity index is 180. The van der Waals surface area contributed by atoms with Crippen LogP contribution in [0.4, 0.5) is 13.2 Å². The molecule has 1 atom stereocenters. The van der Waals surface area contributed by atoms with E-state index >= 15 is 0 Å². The standard InChI is InChI=1S/C10H18F3NO/c1-8(5-14-9-3-2-4-9)6-15-7-10(11,12)13/h8-9,14H,2-7H2,1H3. The van der Waals surface area contributed by atoms with E-state index in [0.717, 1.165) is 6.54 Å². The van der Waals surface area contributed by atoms with Gasteiger partial charge in [-0.25, -0.2) is 0 Å². The molecule has 1 saturated carbocycles. The summed E-state index contributed by atoms with van der Waals surface area (Å²) in [6, 6.07) is 0.579. The first-order chi connectivity index (χ1) is 6.97. The SMILES string of the molecule is CC(CNC1CCC1)COCC(F)(F)F. The van der Waals surface area contributed by atoms with Crippen LogP contribution in [-0.2, 0) is 4.74 Å². The van der Waals surface area contributed by atoms with Crippen LogP contribution in [0.15, 0.2) is 0 Å². The van der Waals surface area contributed by atoms with E-state index in [2.05, 4.69) is 10.1 Å². The smallest absolute Gasteiger partial charge is 0.372 e. The first kappa shape index (κ1) is 12.8. The quantitative estimate of drug-likeness (QED) is 0.749. The number of nitrogens with one attached hydrogen (secondary N) is 1. The van der Waals surface area contributed by atoms with Crippen molar-refractivity contribution in [2.75, 3.05) is 19.8 Å². The predicted molar refractivity (Wildman–Crippen MR) is 51.7 cm³/mol. The fourth-order valence-electron chi connectivity index (χ4n) is 1.41. The van der Waals surface area contributed by atoms with Gasteiger partial charge < -0.3 is 10.1 Å². The number of hydrogen-bond acceptors (Lipinski definition) is 2. The largest absolute Gasteiger partial charge is 0.411 e. The molecule has 0 bridgehead atoms. The summed E-state index contributed by atoms with van der Waals surface area (Å²) in [5, 5.41) is 3.31. The van der Waals surface area contributed by atoms with E-state index in [0.29, 0.717) is 6.04 Å². The van der Waals surface area contributed by atoms with Crippen molar-refractivity contribution in [1.82, 2.24) is 5.32 Å². The lowest BCUT2D eigenvalue weighted by Crippen LogP contribution is -2.38. The van der Waals surface area contributed by atoms with Gasteiger partial charge in [-0.1, -0.05) is 13.3 Å². The maximum Gasteiger partial charge on any atom is 0.411 e. The van der Waals surface area contributed by atoms with Crippen LogP contribution in [0.25, 0.3) is 0 Å². The number of ether oxygens (including phenoxy) is 1. The van der Waals surface area contributed by atoms with Crippen LogP contribution in [0.5, 0.6) is 0 Å². The van der Waals surface area contributed by atoms with E-state index in [4.69, 9.17) is 0 Å². The minimum atomic E-state index is -4.21. The lowest BCUT2D eigenvalue weighted by atomic mass is 9.93. The van der Waals surface area contributed by atoms with Crippen molar-refractivity contribution in [2.45, 2.75) is 38.4 Å². The molecular weight excluding hydrogens is 207 g/mol. The van der Waals surface area contributed by atoms with Gasteiger partial charge >= 0.3 is 6.18 Å². The van der Waals surface area contributed by atoms with Gasteiger partial charge in [-0.15, -0.1) is 0 Å². The van der Waals surface area contributed by atoms with Crippen LogP contribution in [0.1, 0.15) is 26.2 Å². The second-order valence-corrected chi connectivity index (χ2v) is 4.27. The van der Waals surface area contributed by atoms with Gasteiger partial charge in [0.1, 0.15) is 6.61 Å². The Labute approximate surface area is 88.2 Å². The van der Waals surface area contributed by atoms with Gasteiger partial charge in [0.2, 0.25) is 0 Å². The third-order valence-corrected chi connectivity index (χ3v) is 2.53. The van der Waals surface area contributed by atoms with Gasteiger partial charge in [-0.05, 0) is 18.8 Å². The second-order valence-electron chi connectivity index (χ2n) is 4.27. The molecule has 1 rings (SSSR count). The number of halogens is 3. The van der Waals surface area contributed by atoms with E-state index in [-0.39, 0.29) is 12.5 Å².